The van der Waals surface area contributed by atoms with E-state index in [0.29, 0.717) is 49.8 Å². The maximum atomic E-state index is 14.1. The number of hydrogen-bond acceptors (Lipinski definition) is 2. The number of alkyl halides is 6. The Hall–Kier alpha value is -2.49. The average Bonchev–Trinajstić information content (AvgIpc) is 3.08. The zero-order valence-electron chi connectivity index (χ0n) is 20.5. The van der Waals surface area contributed by atoms with Gasteiger partial charge in [0.05, 0.1) is 22.4 Å². The molecule has 1 amide bonds. The summed E-state index contributed by atoms with van der Waals surface area (Å²) < 4.78 is 84.6. The molecule has 2 fully saturated rings. The van der Waals surface area contributed by atoms with Crippen LogP contribution in [0.15, 0.2) is 18.2 Å². The molecule has 2 aliphatic rings. The van der Waals surface area contributed by atoms with Crippen LogP contribution in [0.25, 0.3) is 11.3 Å². The van der Waals surface area contributed by atoms with E-state index in [0.717, 1.165) is 38.5 Å². The number of carbonyl (C=O) groups excluding carboxylic acids is 1. The first-order chi connectivity index (χ1) is 16.9. The molecule has 4 rings (SSSR count). The molecule has 0 radical (unpaired) electrons. The average molecular weight is 516 g/mol. The summed E-state index contributed by atoms with van der Waals surface area (Å²) >= 11 is 0. The summed E-state index contributed by atoms with van der Waals surface area (Å²) in [6.07, 6.45) is -2.67. The topological polar surface area (TPSA) is 37.3 Å². The third-order valence-electron chi connectivity index (χ3n) is 7.38. The quantitative estimate of drug-likeness (QED) is 0.430. The van der Waals surface area contributed by atoms with E-state index in [4.69, 9.17) is 0 Å². The number of hydrogen-bond donors (Lipinski definition) is 1. The summed E-state index contributed by atoms with van der Waals surface area (Å²) in [6, 6.07) is 1.35. The van der Waals surface area contributed by atoms with Crippen LogP contribution in [0, 0.1) is 13.8 Å². The van der Waals surface area contributed by atoms with Gasteiger partial charge in [0.2, 0.25) is 0 Å². The number of nitrogens with one attached hydrogen (secondary N) is 1. The molecule has 2 heterocycles. The zero-order valence-corrected chi connectivity index (χ0v) is 20.5. The highest BCUT2D eigenvalue weighted by atomic mass is 19.4. The number of rotatable bonds is 4. The van der Waals surface area contributed by atoms with Crippen LogP contribution in [0.4, 0.5) is 26.3 Å². The van der Waals surface area contributed by atoms with Crippen LogP contribution in [0.1, 0.15) is 90.2 Å². The van der Waals surface area contributed by atoms with E-state index in [1.54, 1.807) is 16.5 Å². The lowest BCUT2D eigenvalue weighted by Gasteiger charge is -2.28. The van der Waals surface area contributed by atoms with Crippen molar-refractivity contribution in [1.82, 2.24) is 15.0 Å². The van der Waals surface area contributed by atoms with Gasteiger partial charge in [0.15, 0.2) is 0 Å². The molecule has 1 aliphatic heterocycles. The highest BCUT2D eigenvalue weighted by Crippen LogP contribution is 2.45. The molecular formula is C26H31F6N3O. The largest absolute Gasteiger partial charge is 0.417 e. The number of nitrogens with zero attached hydrogens (tertiary/aromatic N) is 2. The van der Waals surface area contributed by atoms with E-state index >= 15 is 0 Å². The first-order valence-corrected chi connectivity index (χ1v) is 12.5. The van der Waals surface area contributed by atoms with Gasteiger partial charge in [0.25, 0.3) is 5.91 Å². The summed E-state index contributed by atoms with van der Waals surface area (Å²) in [5.74, 6) is -0.441. The number of hydrazine groups is 1. The maximum Gasteiger partial charge on any atom is 0.417 e. The second kappa shape index (κ2) is 10.1. The summed E-state index contributed by atoms with van der Waals surface area (Å²) in [5.41, 5.74) is 1.05. The van der Waals surface area contributed by atoms with Gasteiger partial charge >= 0.3 is 12.4 Å². The lowest BCUT2D eigenvalue weighted by Crippen LogP contribution is -2.45. The van der Waals surface area contributed by atoms with E-state index in [9.17, 15) is 31.1 Å². The minimum Gasteiger partial charge on any atom is -0.341 e. The molecule has 1 N–H and O–H groups in total. The molecule has 0 bridgehead atoms. The number of halogens is 6. The Labute approximate surface area is 206 Å². The monoisotopic (exact) mass is 515 g/mol. The number of amides is 1. The van der Waals surface area contributed by atoms with Crippen molar-refractivity contribution in [3.63, 3.8) is 0 Å². The second-order valence-corrected chi connectivity index (χ2v) is 9.84. The molecule has 1 saturated heterocycles. The predicted octanol–water partition coefficient (Wildman–Crippen LogP) is 7.45. The lowest BCUT2D eigenvalue weighted by atomic mass is 9.93. The highest BCUT2D eigenvalue weighted by molar-refractivity contribution is 5.99. The van der Waals surface area contributed by atoms with Gasteiger partial charge in [-0.15, -0.1) is 0 Å². The Bertz CT molecular complexity index is 1110. The molecule has 4 nitrogen and oxygen atoms in total. The van der Waals surface area contributed by atoms with Crippen molar-refractivity contribution < 1.29 is 31.1 Å². The Morgan fingerprint density at radius 3 is 2.08 bits per heavy atom. The van der Waals surface area contributed by atoms with Crippen molar-refractivity contribution >= 4 is 5.91 Å². The van der Waals surface area contributed by atoms with Gasteiger partial charge in [0, 0.05) is 30.4 Å². The van der Waals surface area contributed by atoms with E-state index in [1.165, 1.54) is 6.92 Å². The van der Waals surface area contributed by atoms with Crippen LogP contribution in [0.5, 0.6) is 0 Å². The maximum absolute atomic E-state index is 14.1. The van der Waals surface area contributed by atoms with Crippen molar-refractivity contribution in [2.75, 3.05) is 13.1 Å². The van der Waals surface area contributed by atoms with E-state index in [2.05, 4.69) is 5.43 Å². The van der Waals surface area contributed by atoms with Gasteiger partial charge in [0.1, 0.15) is 0 Å². The molecule has 1 aromatic heterocycles. The Morgan fingerprint density at radius 2 is 1.50 bits per heavy atom. The van der Waals surface area contributed by atoms with E-state index < -0.39 is 35.0 Å². The van der Waals surface area contributed by atoms with Gasteiger partial charge in [-0.25, -0.2) is 5.01 Å². The molecule has 36 heavy (non-hydrogen) atoms. The molecule has 1 aliphatic carbocycles. The third kappa shape index (κ3) is 5.28. The molecule has 1 saturated carbocycles. The fourth-order valence-electron chi connectivity index (χ4n) is 5.69. The Kier molecular flexibility index (Phi) is 7.46. The first kappa shape index (κ1) is 26.6. The molecule has 10 heteroatoms. The summed E-state index contributed by atoms with van der Waals surface area (Å²) in [6.45, 7) is 4.56. The van der Waals surface area contributed by atoms with Crippen molar-refractivity contribution in [2.24, 2.45) is 0 Å². The fourth-order valence-corrected chi connectivity index (χ4v) is 5.69. The van der Waals surface area contributed by atoms with Crippen molar-refractivity contribution in [1.29, 1.82) is 0 Å². The smallest absolute Gasteiger partial charge is 0.341 e. The number of carbonyl (C=O) groups is 1. The summed E-state index contributed by atoms with van der Waals surface area (Å²) in [5, 5.41) is 1.80. The van der Waals surface area contributed by atoms with Crippen LogP contribution in [-0.2, 0) is 12.4 Å². The predicted molar refractivity (Wildman–Crippen MR) is 124 cm³/mol. The van der Waals surface area contributed by atoms with Crippen LogP contribution in [0.3, 0.4) is 0 Å². The third-order valence-corrected chi connectivity index (χ3v) is 7.38. The van der Waals surface area contributed by atoms with Gasteiger partial charge in [-0.2, -0.15) is 26.3 Å². The fraction of sp³-hybridized carbons (Fsp3) is 0.577. The van der Waals surface area contributed by atoms with Crippen molar-refractivity contribution in [3.8, 4) is 11.3 Å². The van der Waals surface area contributed by atoms with Crippen molar-refractivity contribution in [3.05, 3.63) is 46.1 Å². The first-order valence-electron chi connectivity index (χ1n) is 12.5. The van der Waals surface area contributed by atoms with E-state index in [1.807, 2.05) is 0 Å². The Balaban J connectivity index is 1.92. The molecule has 1 aromatic carbocycles. The van der Waals surface area contributed by atoms with Crippen molar-refractivity contribution in [2.45, 2.75) is 83.6 Å². The van der Waals surface area contributed by atoms with Crippen LogP contribution in [0.2, 0.25) is 0 Å². The molecule has 2 aromatic rings. The normalized spacial score (nSPS) is 18.4. The Morgan fingerprint density at radius 1 is 0.889 bits per heavy atom. The number of aromatic nitrogens is 1. The zero-order chi connectivity index (χ0) is 26.3. The standard InChI is InChI=1S/C26H31F6N3O/c1-16-22(24(36)33-34-13-7-4-8-14-34)17(2)35(19-9-5-3-6-10-19)23(16)20-15-18(25(27,28)29)11-12-21(20)26(30,31)32/h11-12,15,19H,3-10,13-14H2,1-2H3,(H,33,36). The lowest BCUT2D eigenvalue weighted by molar-refractivity contribution is -0.141. The van der Waals surface area contributed by atoms with Crippen LogP contribution in [-0.4, -0.2) is 28.6 Å². The minimum atomic E-state index is -4.86. The van der Waals surface area contributed by atoms with Gasteiger partial charge in [-0.05, 0) is 63.3 Å². The number of benzene rings is 1. The van der Waals surface area contributed by atoms with Crippen LogP contribution >= 0.6 is 0 Å². The number of piperidine rings is 1. The summed E-state index contributed by atoms with van der Waals surface area (Å²) in [4.78, 5) is 13.4. The molecule has 0 atom stereocenters. The SMILES string of the molecule is Cc1c(C(=O)NN2CCCCC2)c(C)n(C2CCCCC2)c1-c1cc(C(F)(F)F)ccc1C(F)(F)F. The van der Waals surface area contributed by atoms with Gasteiger partial charge in [-0.3, -0.25) is 10.2 Å². The van der Waals surface area contributed by atoms with E-state index in [-0.39, 0.29) is 22.9 Å². The second-order valence-electron chi connectivity index (χ2n) is 9.84. The summed E-state index contributed by atoms with van der Waals surface area (Å²) in [7, 11) is 0. The molecular weight excluding hydrogens is 484 g/mol. The molecule has 0 unspecified atom stereocenters. The van der Waals surface area contributed by atoms with Gasteiger partial charge in [-0.1, -0.05) is 25.7 Å². The molecule has 0 spiro atoms. The highest BCUT2D eigenvalue weighted by Gasteiger charge is 2.40. The molecule has 198 valence electrons. The minimum absolute atomic E-state index is 0.0432. The van der Waals surface area contributed by atoms with Crippen LogP contribution < -0.4 is 5.43 Å². The van der Waals surface area contributed by atoms with Gasteiger partial charge < -0.3 is 4.57 Å².